The maximum atomic E-state index is 8.06. The van der Waals surface area contributed by atoms with Gasteiger partial charge in [0.15, 0.2) is 12.1 Å². The second-order valence-corrected chi connectivity index (χ2v) is 0.224. The minimum absolute atomic E-state index is 1.24. The summed E-state index contributed by atoms with van der Waals surface area (Å²) in [5.41, 5.74) is 0. The first-order chi connectivity index (χ1) is 2.91. The summed E-state index contributed by atoms with van der Waals surface area (Å²) in [4.78, 5) is 0. The molecule has 0 aliphatic heterocycles. The van der Waals surface area contributed by atoms with Crippen molar-refractivity contribution in [2.75, 3.05) is 0 Å². The number of hydrogen-bond acceptors (Lipinski definition) is 3. The van der Waals surface area contributed by atoms with Crippen molar-refractivity contribution in [1.82, 2.24) is 0 Å². The molecule has 0 aromatic heterocycles. The van der Waals surface area contributed by atoms with Crippen LogP contribution in [0.2, 0.25) is 0 Å². The summed E-state index contributed by atoms with van der Waals surface area (Å²) < 4.78 is 8.06. The molecule has 35 valence electrons. The van der Waals surface area contributed by atoms with Crippen LogP contribution >= 0.6 is 0 Å². The van der Waals surface area contributed by atoms with Crippen molar-refractivity contribution < 1.29 is 24.3 Å². The molecule has 0 saturated carbocycles. The molecule has 0 unspecified atom stereocenters. The Labute approximate surface area is 47.4 Å². The molecule has 0 N–H and O–H groups in total. The fourth-order valence-electron chi connectivity index (χ4n) is 0. The van der Waals surface area contributed by atoms with Crippen molar-refractivity contribution in [3.05, 3.63) is 0 Å². The third-order valence-corrected chi connectivity index (χ3v) is 0.0500. The van der Waals surface area contributed by atoms with Crippen molar-refractivity contribution in [3.63, 3.8) is 0 Å². The zero-order valence-electron chi connectivity index (χ0n) is 2.60. The molecule has 3 nitrogen and oxygen atoms in total. The molecule has 0 atom stereocenters. The molecular formula is C2AgN2O. The van der Waals surface area contributed by atoms with Gasteiger partial charge in [-0.15, -0.1) is 0 Å². The average molecular weight is 176 g/mol. The van der Waals surface area contributed by atoms with Crippen LogP contribution in [0.5, 0.6) is 0 Å². The Morgan fingerprint density at radius 2 is 1.33 bits per heavy atom. The van der Waals surface area contributed by atoms with Crippen LogP contribution < -0.4 is 0 Å². The van der Waals surface area contributed by atoms with Gasteiger partial charge in [-0.25, -0.2) is 0 Å². The van der Waals surface area contributed by atoms with Crippen LogP contribution in [0.25, 0.3) is 0 Å². The Bertz CT molecular complexity index is 76.7. The van der Waals surface area contributed by atoms with E-state index in [1.807, 2.05) is 0 Å². The maximum absolute atomic E-state index is 8.06. The van der Waals surface area contributed by atoms with Crippen LogP contribution in [0.3, 0.4) is 0 Å². The topological polar surface area (TPSA) is 64.7 Å². The van der Waals surface area contributed by atoms with Crippen LogP contribution in [0.15, 0.2) is 0 Å². The molecule has 0 rings (SSSR count). The van der Waals surface area contributed by atoms with Gasteiger partial charge < -0.3 is 0 Å². The molecule has 0 radical (unpaired) electrons. The van der Waals surface area contributed by atoms with E-state index in [1.54, 1.807) is 21.0 Å². The fraction of sp³-hybridized carbons (Fsp3) is 0. The minimum atomic E-state index is 1.24. The Morgan fingerprint density at radius 1 is 1.17 bits per heavy atom. The first-order valence-electron chi connectivity index (χ1n) is 0.820. The third kappa shape index (κ3) is 82.6. The zero-order chi connectivity index (χ0) is 5.41. The molecular weight excluding hydrogens is 176 g/mol. The van der Waals surface area contributed by atoms with Crippen LogP contribution in [0.1, 0.15) is 0 Å². The normalized spacial score (nSPS) is 2.67. The van der Waals surface area contributed by atoms with Crippen LogP contribution in [-0.4, -0.2) is 0 Å². The van der Waals surface area contributed by atoms with Crippen LogP contribution in [0, 0.1) is 22.7 Å². The van der Waals surface area contributed by atoms with Gasteiger partial charge in [0.05, 0.1) is 0 Å². The third-order valence-electron chi connectivity index (χ3n) is 0.0500. The Kier molecular flexibility index (Phi) is 36.8. The van der Waals surface area contributed by atoms with Crippen LogP contribution in [-0.2, 0) is 24.3 Å². The van der Waals surface area contributed by atoms with E-state index in [1.165, 1.54) is 12.1 Å². The Balaban J connectivity index is 0. The monoisotopic (exact) mass is 175 g/mol. The molecule has 0 amide bonds. The van der Waals surface area contributed by atoms with Gasteiger partial charge in [-0.1, -0.05) is 0 Å². The summed E-state index contributed by atoms with van der Waals surface area (Å²) in [6.45, 7) is 0. The van der Waals surface area contributed by atoms with Gasteiger partial charge in [-0.2, -0.15) is 10.5 Å². The molecule has 0 aliphatic carbocycles. The standard InChI is InChI=1S/C2N2.Ag.O/c3-1-2-4;;. The van der Waals surface area contributed by atoms with Crippen molar-refractivity contribution in [2.45, 2.75) is 0 Å². The number of nitriles is 2. The Hall–Kier alpha value is -0.480. The number of rotatable bonds is 0. The SMILES string of the molecule is N#CC#N.[O]=[Ag]. The quantitative estimate of drug-likeness (QED) is 0.484. The van der Waals surface area contributed by atoms with E-state index in [0.717, 1.165) is 0 Å². The number of nitrogens with zero attached hydrogens (tertiary/aromatic N) is 2. The van der Waals surface area contributed by atoms with E-state index >= 15 is 0 Å². The molecule has 0 fully saturated rings. The summed E-state index contributed by atoms with van der Waals surface area (Å²) in [5, 5.41) is 14.5. The summed E-state index contributed by atoms with van der Waals surface area (Å²) in [5.74, 6) is 0. The van der Waals surface area contributed by atoms with Gasteiger partial charge in [0, 0.05) is 0 Å². The first-order valence-corrected chi connectivity index (χ1v) is 1.43. The molecule has 6 heavy (non-hydrogen) atoms. The molecule has 0 aliphatic rings. The summed E-state index contributed by atoms with van der Waals surface area (Å²) >= 11 is 1.70. The van der Waals surface area contributed by atoms with Crippen molar-refractivity contribution in [2.24, 2.45) is 0 Å². The Morgan fingerprint density at radius 3 is 1.33 bits per heavy atom. The van der Waals surface area contributed by atoms with Gasteiger partial charge >= 0.3 is 24.3 Å². The van der Waals surface area contributed by atoms with Crippen LogP contribution in [0.4, 0.5) is 0 Å². The van der Waals surface area contributed by atoms with E-state index in [4.69, 9.17) is 13.8 Å². The first kappa shape index (κ1) is 9.10. The summed E-state index contributed by atoms with van der Waals surface area (Å²) in [7, 11) is 0. The zero-order valence-corrected chi connectivity index (χ0v) is 4.09. The van der Waals surface area contributed by atoms with Crippen molar-refractivity contribution in [3.8, 4) is 12.1 Å². The molecule has 0 aromatic carbocycles. The molecule has 0 spiro atoms. The van der Waals surface area contributed by atoms with Gasteiger partial charge in [-0.05, 0) is 0 Å². The summed E-state index contributed by atoms with van der Waals surface area (Å²) in [6, 6.07) is 2.47. The van der Waals surface area contributed by atoms with Gasteiger partial charge in [0.25, 0.3) is 0 Å². The van der Waals surface area contributed by atoms with Crippen molar-refractivity contribution >= 4 is 0 Å². The molecule has 0 saturated heterocycles. The van der Waals surface area contributed by atoms with Gasteiger partial charge in [0.1, 0.15) is 0 Å². The summed E-state index contributed by atoms with van der Waals surface area (Å²) in [6.07, 6.45) is 0. The van der Waals surface area contributed by atoms with Gasteiger partial charge in [-0.3, -0.25) is 0 Å². The van der Waals surface area contributed by atoms with E-state index in [9.17, 15) is 0 Å². The molecule has 4 heteroatoms. The average Bonchev–Trinajstić information content (AvgIpc) is 1.72. The van der Waals surface area contributed by atoms with E-state index < -0.39 is 0 Å². The molecule has 0 heterocycles. The predicted molar refractivity (Wildman–Crippen MR) is 11.9 cm³/mol. The van der Waals surface area contributed by atoms with E-state index in [0.29, 0.717) is 0 Å². The second-order valence-electron chi connectivity index (χ2n) is 0.224. The van der Waals surface area contributed by atoms with Crippen molar-refractivity contribution in [1.29, 1.82) is 10.5 Å². The molecule has 0 aromatic rings. The second kappa shape index (κ2) is 24.2. The fourth-order valence-corrected chi connectivity index (χ4v) is 0. The van der Waals surface area contributed by atoms with Gasteiger partial charge in [0.2, 0.25) is 0 Å². The number of hydrogen-bond donors (Lipinski definition) is 0. The van der Waals surface area contributed by atoms with E-state index in [-0.39, 0.29) is 0 Å². The predicted octanol–water partition coefficient (Wildman–Crippen LogP) is -0.0877. The van der Waals surface area contributed by atoms with E-state index in [2.05, 4.69) is 0 Å². The molecule has 0 bridgehead atoms.